The van der Waals surface area contributed by atoms with Gasteiger partial charge in [-0.15, -0.1) is 0 Å². The number of aliphatic hydroxyl groups is 1. The van der Waals surface area contributed by atoms with Crippen LogP contribution in [0.3, 0.4) is 0 Å². The molecule has 0 heterocycles. The van der Waals surface area contributed by atoms with Crippen LogP contribution >= 0.6 is 0 Å². The second-order valence-corrected chi connectivity index (χ2v) is 4.76. The van der Waals surface area contributed by atoms with Gasteiger partial charge in [0.05, 0.1) is 5.60 Å². The molecule has 1 aliphatic carbocycles. The summed E-state index contributed by atoms with van der Waals surface area (Å²) in [6.07, 6.45) is 4.51. The highest BCUT2D eigenvalue weighted by molar-refractivity contribution is 4.86. The topological polar surface area (TPSA) is 58.3 Å². The van der Waals surface area contributed by atoms with E-state index in [9.17, 15) is 5.11 Å². The number of nitrogens with two attached hydrogens (primary N) is 1. The molecule has 0 aromatic carbocycles. The maximum absolute atomic E-state index is 9.85. The van der Waals surface area contributed by atoms with Gasteiger partial charge in [0, 0.05) is 12.6 Å². The molecular weight excluding hydrogens is 176 g/mol. The molecule has 0 aromatic heterocycles. The summed E-state index contributed by atoms with van der Waals surface area (Å²) in [7, 11) is 0. The van der Waals surface area contributed by atoms with Crippen molar-refractivity contribution in [3.05, 3.63) is 0 Å². The monoisotopic (exact) mass is 200 g/mol. The molecule has 84 valence electrons. The van der Waals surface area contributed by atoms with Gasteiger partial charge in [-0.3, -0.25) is 0 Å². The van der Waals surface area contributed by atoms with Gasteiger partial charge in [-0.25, -0.2) is 0 Å². The minimum atomic E-state index is -0.568. The summed E-state index contributed by atoms with van der Waals surface area (Å²) in [4.78, 5) is 0. The molecule has 1 fully saturated rings. The van der Waals surface area contributed by atoms with Crippen LogP contribution in [0.4, 0.5) is 0 Å². The summed E-state index contributed by atoms with van der Waals surface area (Å²) in [6, 6.07) is 0.526. The lowest BCUT2D eigenvalue weighted by Gasteiger charge is -2.26. The lowest BCUT2D eigenvalue weighted by molar-refractivity contribution is 0.0515. The van der Waals surface area contributed by atoms with Crippen molar-refractivity contribution in [2.24, 2.45) is 11.7 Å². The van der Waals surface area contributed by atoms with E-state index in [1.165, 1.54) is 19.3 Å². The third kappa shape index (κ3) is 3.23. The number of nitrogens with one attached hydrogen (secondary N) is 1. The van der Waals surface area contributed by atoms with Crippen molar-refractivity contribution in [3.8, 4) is 0 Å². The van der Waals surface area contributed by atoms with Gasteiger partial charge < -0.3 is 16.2 Å². The first-order chi connectivity index (χ1) is 6.59. The number of rotatable bonds is 5. The molecule has 3 nitrogen and oxygen atoms in total. The molecule has 14 heavy (non-hydrogen) atoms. The van der Waals surface area contributed by atoms with Crippen LogP contribution < -0.4 is 11.1 Å². The predicted octanol–water partition coefficient (Wildman–Crippen LogP) is 0.864. The zero-order valence-electron chi connectivity index (χ0n) is 9.42. The highest BCUT2D eigenvalue weighted by Gasteiger charge is 2.27. The molecule has 4 N–H and O–H groups in total. The summed E-state index contributed by atoms with van der Waals surface area (Å²) in [5.74, 6) is 0.614. The molecule has 0 amide bonds. The highest BCUT2D eigenvalue weighted by Crippen LogP contribution is 2.24. The quantitative estimate of drug-likeness (QED) is 0.617. The second-order valence-electron chi connectivity index (χ2n) is 4.76. The molecule has 0 radical (unpaired) electrons. The first-order valence-electron chi connectivity index (χ1n) is 5.75. The molecule has 0 saturated heterocycles. The van der Waals surface area contributed by atoms with E-state index in [1.54, 1.807) is 0 Å². The Bertz CT molecular complexity index is 171. The average Bonchev–Trinajstić information content (AvgIpc) is 2.62. The first kappa shape index (κ1) is 12.0. The van der Waals surface area contributed by atoms with Gasteiger partial charge in [-0.2, -0.15) is 0 Å². The van der Waals surface area contributed by atoms with Crippen LogP contribution in [0.25, 0.3) is 0 Å². The minimum absolute atomic E-state index is 0.526. The Kier molecular flexibility index (Phi) is 4.35. The molecule has 0 spiro atoms. The molecule has 3 heteroatoms. The van der Waals surface area contributed by atoms with Gasteiger partial charge in [0.25, 0.3) is 0 Å². The summed E-state index contributed by atoms with van der Waals surface area (Å²) in [5.41, 5.74) is 5.13. The summed E-state index contributed by atoms with van der Waals surface area (Å²) in [6.45, 7) is 5.35. The van der Waals surface area contributed by atoms with Gasteiger partial charge in [0.1, 0.15) is 0 Å². The minimum Gasteiger partial charge on any atom is -0.389 e. The Labute approximate surface area is 87.1 Å². The number of hydrogen-bond acceptors (Lipinski definition) is 3. The molecule has 1 aliphatic rings. The molecule has 3 unspecified atom stereocenters. The van der Waals surface area contributed by atoms with Crippen molar-refractivity contribution >= 4 is 0 Å². The van der Waals surface area contributed by atoms with E-state index in [0.717, 1.165) is 13.0 Å². The second kappa shape index (κ2) is 5.10. The molecule has 0 aliphatic heterocycles. The van der Waals surface area contributed by atoms with Crippen LogP contribution in [0.1, 0.15) is 39.5 Å². The van der Waals surface area contributed by atoms with Crippen molar-refractivity contribution in [1.82, 2.24) is 5.32 Å². The maximum atomic E-state index is 9.85. The van der Waals surface area contributed by atoms with Crippen molar-refractivity contribution in [3.63, 3.8) is 0 Å². The molecule has 1 saturated carbocycles. The summed E-state index contributed by atoms with van der Waals surface area (Å²) in [5, 5.41) is 13.3. The van der Waals surface area contributed by atoms with Gasteiger partial charge in [0.15, 0.2) is 0 Å². The lowest BCUT2D eigenvalue weighted by atomic mass is 10.0. The van der Waals surface area contributed by atoms with E-state index in [0.29, 0.717) is 18.5 Å². The fourth-order valence-corrected chi connectivity index (χ4v) is 2.06. The van der Waals surface area contributed by atoms with Gasteiger partial charge >= 0.3 is 0 Å². The van der Waals surface area contributed by atoms with E-state index in [4.69, 9.17) is 5.73 Å². The summed E-state index contributed by atoms with van der Waals surface area (Å²) >= 11 is 0. The zero-order chi connectivity index (χ0) is 10.6. The third-order valence-corrected chi connectivity index (χ3v) is 3.47. The van der Waals surface area contributed by atoms with Gasteiger partial charge in [-0.1, -0.05) is 13.3 Å². The Morgan fingerprint density at radius 1 is 1.50 bits per heavy atom. The zero-order valence-corrected chi connectivity index (χ0v) is 9.42. The molecule has 3 atom stereocenters. The Morgan fingerprint density at radius 3 is 2.79 bits per heavy atom. The van der Waals surface area contributed by atoms with Crippen LogP contribution in [0.5, 0.6) is 0 Å². The SMILES string of the molecule is CCC(C)(O)CNC1CCCC1CN. The maximum Gasteiger partial charge on any atom is 0.0741 e. The van der Waals surface area contributed by atoms with Crippen LogP contribution in [-0.2, 0) is 0 Å². The Hall–Kier alpha value is -0.120. The van der Waals surface area contributed by atoms with Crippen LogP contribution in [0.2, 0.25) is 0 Å². The fourth-order valence-electron chi connectivity index (χ4n) is 2.06. The first-order valence-corrected chi connectivity index (χ1v) is 5.75. The lowest BCUT2D eigenvalue weighted by Crippen LogP contribution is -2.44. The predicted molar refractivity (Wildman–Crippen MR) is 59.1 cm³/mol. The van der Waals surface area contributed by atoms with E-state index < -0.39 is 5.60 Å². The van der Waals surface area contributed by atoms with Crippen molar-refractivity contribution in [2.75, 3.05) is 13.1 Å². The standard InChI is InChI=1S/C11H24N2O/c1-3-11(2,14)8-13-10-6-4-5-9(10)7-12/h9-10,13-14H,3-8,12H2,1-2H3. The largest absolute Gasteiger partial charge is 0.389 e. The fraction of sp³-hybridized carbons (Fsp3) is 1.00. The summed E-state index contributed by atoms with van der Waals surface area (Å²) < 4.78 is 0. The molecule has 0 aromatic rings. The molecule has 0 bridgehead atoms. The smallest absolute Gasteiger partial charge is 0.0741 e. The third-order valence-electron chi connectivity index (χ3n) is 3.47. The molecule has 1 rings (SSSR count). The van der Waals surface area contributed by atoms with E-state index in [2.05, 4.69) is 5.32 Å². The van der Waals surface area contributed by atoms with Crippen LogP contribution in [-0.4, -0.2) is 29.8 Å². The van der Waals surface area contributed by atoms with Gasteiger partial charge in [-0.05, 0) is 38.6 Å². The van der Waals surface area contributed by atoms with E-state index in [-0.39, 0.29) is 0 Å². The van der Waals surface area contributed by atoms with Crippen molar-refractivity contribution in [1.29, 1.82) is 0 Å². The molecular formula is C11H24N2O. The van der Waals surface area contributed by atoms with Crippen LogP contribution in [0, 0.1) is 5.92 Å². The van der Waals surface area contributed by atoms with Crippen molar-refractivity contribution < 1.29 is 5.11 Å². The van der Waals surface area contributed by atoms with Gasteiger partial charge in [0.2, 0.25) is 0 Å². The highest BCUT2D eigenvalue weighted by atomic mass is 16.3. The van der Waals surface area contributed by atoms with E-state index >= 15 is 0 Å². The van der Waals surface area contributed by atoms with Crippen LogP contribution in [0.15, 0.2) is 0 Å². The average molecular weight is 200 g/mol. The Morgan fingerprint density at radius 2 is 2.21 bits per heavy atom. The van der Waals surface area contributed by atoms with E-state index in [1.807, 2.05) is 13.8 Å². The van der Waals surface area contributed by atoms with Crippen molar-refractivity contribution in [2.45, 2.75) is 51.2 Å². The normalized spacial score (nSPS) is 31.7. The Balaban J connectivity index is 2.30. The number of hydrogen-bond donors (Lipinski definition) is 3.